The fraction of sp³-hybridized carbons (Fsp3) is 1.00. The molecule has 0 aliphatic carbocycles. The highest BCUT2D eigenvalue weighted by Crippen LogP contribution is 2.19. The number of hydrogen-bond donors (Lipinski definition) is 3. The lowest BCUT2D eigenvalue weighted by atomic mass is 9.94. The fourth-order valence-corrected chi connectivity index (χ4v) is 2.57. The van der Waals surface area contributed by atoms with Gasteiger partial charge in [0.05, 0.1) is 5.60 Å². The van der Waals surface area contributed by atoms with Crippen LogP contribution in [0.15, 0.2) is 0 Å². The normalized spacial score (nSPS) is 14.4. The molecule has 0 saturated carbocycles. The Morgan fingerprint density at radius 2 is 0.950 bits per heavy atom. The first-order valence-corrected chi connectivity index (χ1v) is 8.56. The number of aliphatic hydroxyl groups excluding tert-OH is 2. The number of unbranched alkanes of at least 4 members (excludes halogenated alkanes) is 10. The van der Waals surface area contributed by atoms with E-state index in [9.17, 15) is 5.11 Å². The minimum absolute atomic E-state index is 0.0747. The van der Waals surface area contributed by atoms with Crippen molar-refractivity contribution in [1.29, 1.82) is 0 Å². The summed E-state index contributed by atoms with van der Waals surface area (Å²) in [4.78, 5) is 0. The average molecular weight is 288 g/mol. The highest BCUT2D eigenvalue weighted by molar-refractivity contribution is 4.71. The SMILES string of the molecule is CC(O)(CCO)CCCCCCCCCCCCCO. The van der Waals surface area contributed by atoms with Gasteiger partial charge in [0.2, 0.25) is 0 Å². The number of rotatable bonds is 15. The first kappa shape index (κ1) is 19.9. The van der Waals surface area contributed by atoms with Crippen LogP contribution in [0.3, 0.4) is 0 Å². The molecule has 0 aromatic carbocycles. The molecule has 20 heavy (non-hydrogen) atoms. The summed E-state index contributed by atoms with van der Waals surface area (Å²) < 4.78 is 0. The van der Waals surface area contributed by atoms with Crippen LogP contribution in [-0.2, 0) is 0 Å². The van der Waals surface area contributed by atoms with Gasteiger partial charge in [-0.1, -0.05) is 64.2 Å². The van der Waals surface area contributed by atoms with Gasteiger partial charge in [-0.25, -0.2) is 0 Å². The Hall–Kier alpha value is -0.120. The molecule has 0 bridgehead atoms. The Morgan fingerprint density at radius 3 is 1.35 bits per heavy atom. The molecular formula is C17H36O3. The standard InChI is InChI=1S/C17H36O3/c1-17(20,14-16-19)13-11-9-7-5-3-2-4-6-8-10-12-15-18/h18-20H,2-16H2,1H3. The van der Waals surface area contributed by atoms with Gasteiger partial charge >= 0.3 is 0 Å². The number of hydrogen-bond acceptors (Lipinski definition) is 3. The van der Waals surface area contributed by atoms with Crippen LogP contribution in [0.4, 0.5) is 0 Å². The third-order valence-corrected chi connectivity index (χ3v) is 4.02. The molecule has 3 nitrogen and oxygen atoms in total. The molecule has 3 heteroatoms. The summed E-state index contributed by atoms with van der Waals surface area (Å²) in [6.07, 6.45) is 14.8. The van der Waals surface area contributed by atoms with Gasteiger partial charge in [0.1, 0.15) is 0 Å². The zero-order valence-electron chi connectivity index (χ0n) is 13.4. The smallest absolute Gasteiger partial charge is 0.0641 e. The molecule has 0 amide bonds. The Bertz CT molecular complexity index is 193. The van der Waals surface area contributed by atoms with Gasteiger partial charge in [0.25, 0.3) is 0 Å². The van der Waals surface area contributed by atoms with E-state index in [-0.39, 0.29) is 6.61 Å². The summed E-state index contributed by atoms with van der Waals surface area (Å²) in [5.74, 6) is 0. The second kappa shape index (κ2) is 13.8. The maximum atomic E-state index is 9.90. The van der Waals surface area contributed by atoms with Gasteiger partial charge in [0.15, 0.2) is 0 Å². The Morgan fingerprint density at radius 1 is 0.550 bits per heavy atom. The van der Waals surface area contributed by atoms with E-state index in [4.69, 9.17) is 10.2 Å². The largest absolute Gasteiger partial charge is 0.396 e. The average Bonchev–Trinajstić information content (AvgIpc) is 2.40. The second-order valence-electron chi connectivity index (χ2n) is 6.33. The first-order valence-electron chi connectivity index (χ1n) is 8.56. The molecule has 0 fully saturated rings. The van der Waals surface area contributed by atoms with E-state index >= 15 is 0 Å². The predicted octanol–water partition coefficient (Wildman–Crippen LogP) is 3.79. The molecule has 0 spiro atoms. The summed E-state index contributed by atoms with van der Waals surface area (Å²) in [6.45, 7) is 2.23. The first-order chi connectivity index (χ1) is 9.62. The Balaban J connectivity index is 3.13. The van der Waals surface area contributed by atoms with E-state index in [1.54, 1.807) is 0 Å². The molecule has 0 radical (unpaired) electrons. The molecule has 0 rings (SSSR count). The van der Waals surface area contributed by atoms with Crippen LogP contribution in [0.25, 0.3) is 0 Å². The summed E-state index contributed by atoms with van der Waals surface area (Å²) in [6, 6.07) is 0. The fourth-order valence-electron chi connectivity index (χ4n) is 2.57. The summed E-state index contributed by atoms with van der Waals surface area (Å²) in [7, 11) is 0. The van der Waals surface area contributed by atoms with Crippen LogP contribution in [-0.4, -0.2) is 34.1 Å². The molecule has 0 aliphatic rings. The zero-order valence-corrected chi connectivity index (χ0v) is 13.4. The van der Waals surface area contributed by atoms with Crippen molar-refractivity contribution in [2.75, 3.05) is 13.2 Å². The van der Waals surface area contributed by atoms with E-state index in [1.807, 2.05) is 6.92 Å². The highest BCUT2D eigenvalue weighted by atomic mass is 16.3. The van der Waals surface area contributed by atoms with Crippen LogP contribution in [0, 0.1) is 0 Å². The van der Waals surface area contributed by atoms with Gasteiger partial charge in [-0.05, 0) is 26.2 Å². The molecule has 1 atom stereocenters. The molecule has 0 saturated heterocycles. The van der Waals surface area contributed by atoms with Crippen molar-refractivity contribution in [2.24, 2.45) is 0 Å². The second-order valence-corrected chi connectivity index (χ2v) is 6.33. The van der Waals surface area contributed by atoms with Gasteiger partial charge < -0.3 is 15.3 Å². The Labute approximate surface area is 125 Å². The van der Waals surface area contributed by atoms with Crippen LogP contribution in [0.5, 0.6) is 0 Å². The van der Waals surface area contributed by atoms with Gasteiger partial charge in [-0.3, -0.25) is 0 Å². The van der Waals surface area contributed by atoms with Crippen molar-refractivity contribution in [2.45, 2.75) is 96.0 Å². The molecular weight excluding hydrogens is 252 g/mol. The van der Waals surface area contributed by atoms with E-state index in [2.05, 4.69) is 0 Å². The highest BCUT2D eigenvalue weighted by Gasteiger charge is 2.18. The van der Waals surface area contributed by atoms with Crippen LogP contribution in [0.1, 0.15) is 90.4 Å². The zero-order chi connectivity index (χ0) is 15.1. The van der Waals surface area contributed by atoms with Crippen molar-refractivity contribution in [3.05, 3.63) is 0 Å². The Kier molecular flexibility index (Phi) is 13.8. The van der Waals surface area contributed by atoms with Crippen molar-refractivity contribution >= 4 is 0 Å². The van der Waals surface area contributed by atoms with Crippen LogP contribution < -0.4 is 0 Å². The molecule has 0 aliphatic heterocycles. The van der Waals surface area contributed by atoms with Gasteiger partial charge in [-0.2, -0.15) is 0 Å². The molecule has 0 heterocycles. The lowest BCUT2D eigenvalue weighted by molar-refractivity contribution is 0.0232. The van der Waals surface area contributed by atoms with Crippen molar-refractivity contribution < 1.29 is 15.3 Å². The lowest BCUT2D eigenvalue weighted by Gasteiger charge is -2.21. The third kappa shape index (κ3) is 14.3. The predicted molar refractivity (Wildman–Crippen MR) is 84.8 cm³/mol. The van der Waals surface area contributed by atoms with E-state index < -0.39 is 5.60 Å². The molecule has 122 valence electrons. The van der Waals surface area contributed by atoms with E-state index in [0.717, 1.165) is 19.3 Å². The van der Waals surface area contributed by atoms with Crippen LogP contribution in [0.2, 0.25) is 0 Å². The lowest BCUT2D eigenvalue weighted by Crippen LogP contribution is -2.25. The molecule has 1 unspecified atom stereocenters. The van der Waals surface area contributed by atoms with Crippen molar-refractivity contribution in [3.8, 4) is 0 Å². The van der Waals surface area contributed by atoms with E-state index in [1.165, 1.54) is 57.8 Å². The minimum Gasteiger partial charge on any atom is -0.396 e. The monoisotopic (exact) mass is 288 g/mol. The summed E-state index contributed by atoms with van der Waals surface area (Å²) in [5.41, 5.74) is -0.677. The minimum atomic E-state index is -0.677. The maximum absolute atomic E-state index is 9.90. The van der Waals surface area contributed by atoms with Gasteiger partial charge in [0, 0.05) is 13.2 Å². The topological polar surface area (TPSA) is 60.7 Å². The molecule has 0 aromatic heterocycles. The van der Waals surface area contributed by atoms with E-state index in [0.29, 0.717) is 13.0 Å². The quantitative estimate of drug-likeness (QED) is 0.402. The molecule has 3 N–H and O–H groups in total. The molecule has 0 aromatic rings. The van der Waals surface area contributed by atoms with Crippen molar-refractivity contribution in [1.82, 2.24) is 0 Å². The van der Waals surface area contributed by atoms with Gasteiger partial charge in [-0.15, -0.1) is 0 Å². The third-order valence-electron chi connectivity index (χ3n) is 4.02. The summed E-state index contributed by atoms with van der Waals surface area (Å²) in [5, 5.41) is 27.4. The maximum Gasteiger partial charge on any atom is 0.0641 e. The number of aliphatic hydroxyl groups is 3. The van der Waals surface area contributed by atoms with Crippen molar-refractivity contribution in [3.63, 3.8) is 0 Å². The van der Waals surface area contributed by atoms with Crippen LogP contribution >= 0.6 is 0 Å². The summed E-state index contributed by atoms with van der Waals surface area (Å²) >= 11 is 0.